The van der Waals surface area contributed by atoms with Crippen LogP contribution in [-0.4, -0.2) is 28.6 Å². The fourth-order valence-corrected chi connectivity index (χ4v) is 2.91. The van der Waals surface area contributed by atoms with Gasteiger partial charge in [-0.3, -0.25) is 4.90 Å². The Morgan fingerprint density at radius 2 is 2.22 bits per heavy atom. The molecule has 0 fully saturated rings. The number of nitrogens with zero attached hydrogens (tertiary/aromatic N) is 4. The number of cyclic esters (lactones) is 1. The van der Waals surface area contributed by atoms with Gasteiger partial charge in [-0.1, -0.05) is 23.4 Å². The lowest BCUT2D eigenvalue weighted by Crippen LogP contribution is -2.31. The van der Waals surface area contributed by atoms with E-state index in [1.54, 1.807) is 7.05 Å². The van der Waals surface area contributed by atoms with Crippen LogP contribution in [0.25, 0.3) is 11.3 Å². The smallest absolute Gasteiger partial charge is 0.414 e. The van der Waals surface area contributed by atoms with Crippen LogP contribution in [0, 0.1) is 11.3 Å². The number of nitriles is 1. The summed E-state index contributed by atoms with van der Waals surface area (Å²) in [6.45, 7) is 0.580. The largest absolute Gasteiger partial charge is 0.489 e. The topological polar surface area (TPSA) is 104 Å². The van der Waals surface area contributed by atoms with Crippen molar-refractivity contribution in [1.82, 2.24) is 15.4 Å². The molecule has 2 heterocycles. The molecular formula is C19H15N5O3. The van der Waals surface area contributed by atoms with Crippen LogP contribution in [0.3, 0.4) is 0 Å². The number of anilines is 1. The fraction of sp³-hybridized carbons (Fsp3) is 0.158. The molecule has 0 saturated heterocycles. The summed E-state index contributed by atoms with van der Waals surface area (Å²) in [4.78, 5) is 13.0. The molecule has 0 aliphatic carbocycles. The zero-order valence-electron chi connectivity index (χ0n) is 14.5. The Morgan fingerprint density at radius 1 is 1.33 bits per heavy atom. The summed E-state index contributed by atoms with van der Waals surface area (Å²) in [7, 11) is 1.67. The van der Waals surface area contributed by atoms with Crippen LogP contribution in [0.5, 0.6) is 5.75 Å². The molecule has 1 aliphatic rings. The predicted molar refractivity (Wildman–Crippen MR) is 95.9 cm³/mol. The molecule has 4 rings (SSSR count). The Balaban J connectivity index is 1.51. The van der Waals surface area contributed by atoms with Crippen molar-refractivity contribution in [3.63, 3.8) is 0 Å². The first-order valence-corrected chi connectivity index (χ1v) is 8.22. The van der Waals surface area contributed by atoms with Gasteiger partial charge in [-0.15, -0.1) is 5.10 Å². The van der Waals surface area contributed by atoms with Gasteiger partial charge in [-0.25, -0.2) is 9.89 Å². The van der Waals surface area contributed by atoms with Crippen molar-refractivity contribution in [2.45, 2.75) is 13.2 Å². The molecule has 8 nitrogen and oxygen atoms in total. The molecular weight excluding hydrogens is 346 g/mol. The molecule has 3 aromatic rings. The number of rotatable bonds is 4. The Morgan fingerprint density at radius 3 is 3.07 bits per heavy atom. The summed E-state index contributed by atoms with van der Waals surface area (Å²) < 4.78 is 11.0. The van der Waals surface area contributed by atoms with E-state index in [1.807, 2.05) is 48.5 Å². The number of hydrogen-bond donors (Lipinski definition) is 1. The maximum atomic E-state index is 11.6. The molecule has 0 unspecified atom stereocenters. The quantitative estimate of drug-likeness (QED) is 0.766. The number of nitrogens with one attached hydrogen (secondary N) is 1. The van der Waals surface area contributed by atoms with Crippen LogP contribution in [0.15, 0.2) is 42.5 Å². The number of ether oxygens (including phenoxy) is 2. The van der Waals surface area contributed by atoms with Crippen LogP contribution < -0.4 is 9.64 Å². The van der Waals surface area contributed by atoms with E-state index in [1.165, 1.54) is 4.90 Å². The molecule has 0 radical (unpaired) electrons. The van der Waals surface area contributed by atoms with Gasteiger partial charge in [-0.05, 0) is 29.8 Å². The molecule has 2 aromatic carbocycles. The van der Waals surface area contributed by atoms with Gasteiger partial charge in [0.2, 0.25) is 0 Å². The SMILES string of the molecule is CN1C(=O)OCc2cc(OCc3cccc(-c4nn[nH]c4C#N)c3)ccc21. The van der Waals surface area contributed by atoms with E-state index in [4.69, 9.17) is 14.7 Å². The molecule has 1 amide bonds. The van der Waals surface area contributed by atoms with Crippen LogP contribution in [0.4, 0.5) is 10.5 Å². The molecule has 8 heteroatoms. The molecule has 27 heavy (non-hydrogen) atoms. The maximum Gasteiger partial charge on any atom is 0.414 e. The van der Waals surface area contributed by atoms with E-state index in [2.05, 4.69) is 15.4 Å². The first-order chi connectivity index (χ1) is 13.2. The summed E-state index contributed by atoms with van der Waals surface area (Å²) in [5.41, 5.74) is 4.26. The molecule has 134 valence electrons. The number of H-pyrrole nitrogens is 1. The van der Waals surface area contributed by atoms with Crippen molar-refractivity contribution >= 4 is 11.8 Å². The monoisotopic (exact) mass is 361 g/mol. The molecule has 0 saturated carbocycles. The minimum Gasteiger partial charge on any atom is -0.489 e. The summed E-state index contributed by atoms with van der Waals surface area (Å²) >= 11 is 0. The Hall–Kier alpha value is -3.86. The first kappa shape index (κ1) is 16.6. The predicted octanol–water partition coefficient (Wildman–Crippen LogP) is 3.01. The van der Waals surface area contributed by atoms with Crippen molar-refractivity contribution in [2.75, 3.05) is 11.9 Å². The standard InChI is InChI=1S/C19H15N5O3/c1-24-17-6-5-15(8-14(17)11-27-19(24)25)26-10-12-3-2-4-13(7-12)18-16(9-20)21-23-22-18/h2-8H,10-11H2,1H3,(H,21,22,23). The van der Waals surface area contributed by atoms with Crippen LogP contribution in [0.1, 0.15) is 16.8 Å². The second-order valence-corrected chi connectivity index (χ2v) is 6.04. The van der Waals surface area contributed by atoms with Crippen LogP contribution >= 0.6 is 0 Å². The lowest BCUT2D eigenvalue weighted by atomic mass is 10.1. The van der Waals surface area contributed by atoms with E-state index >= 15 is 0 Å². The Bertz CT molecular complexity index is 1050. The van der Waals surface area contributed by atoms with Gasteiger partial charge < -0.3 is 9.47 Å². The van der Waals surface area contributed by atoms with Gasteiger partial charge >= 0.3 is 6.09 Å². The third-order valence-corrected chi connectivity index (χ3v) is 4.30. The normalized spacial score (nSPS) is 12.9. The third kappa shape index (κ3) is 3.18. The van der Waals surface area contributed by atoms with Gasteiger partial charge in [-0.2, -0.15) is 5.26 Å². The van der Waals surface area contributed by atoms with Crippen molar-refractivity contribution < 1.29 is 14.3 Å². The minimum atomic E-state index is -0.363. The summed E-state index contributed by atoms with van der Waals surface area (Å²) in [6.07, 6.45) is -0.363. The van der Waals surface area contributed by atoms with Crippen molar-refractivity contribution in [3.8, 4) is 23.1 Å². The van der Waals surface area contributed by atoms with Gasteiger partial charge in [0.1, 0.15) is 30.7 Å². The highest BCUT2D eigenvalue weighted by Crippen LogP contribution is 2.30. The van der Waals surface area contributed by atoms with Crippen LogP contribution in [0.2, 0.25) is 0 Å². The third-order valence-electron chi connectivity index (χ3n) is 4.30. The number of hydrogen-bond acceptors (Lipinski definition) is 6. The Kier molecular flexibility index (Phi) is 4.18. The van der Waals surface area contributed by atoms with E-state index < -0.39 is 0 Å². The minimum absolute atomic E-state index is 0.230. The zero-order valence-corrected chi connectivity index (χ0v) is 14.5. The lowest BCUT2D eigenvalue weighted by Gasteiger charge is -2.25. The summed E-state index contributed by atoms with van der Waals surface area (Å²) in [5.74, 6) is 0.685. The zero-order chi connectivity index (χ0) is 18.8. The average molecular weight is 361 g/mol. The highest BCUT2D eigenvalue weighted by Gasteiger charge is 2.22. The molecule has 1 aliphatic heterocycles. The molecule has 0 atom stereocenters. The molecule has 0 bridgehead atoms. The molecule has 0 spiro atoms. The maximum absolute atomic E-state index is 11.6. The number of aromatic nitrogens is 3. The number of amides is 1. The van der Waals surface area contributed by atoms with Gasteiger partial charge in [0.15, 0.2) is 5.69 Å². The second kappa shape index (κ2) is 6.80. The van der Waals surface area contributed by atoms with Gasteiger partial charge in [0.05, 0.1) is 5.69 Å². The van der Waals surface area contributed by atoms with E-state index in [0.717, 1.165) is 22.4 Å². The average Bonchev–Trinajstić information content (AvgIpc) is 3.18. The summed E-state index contributed by atoms with van der Waals surface area (Å²) in [6, 6.07) is 15.2. The lowest BCUT2D eigenvalue weighted by molar-refractivity contribution is 0.143. The number of carbonyl (C=O) groups excluding carboxylic acids is 1. The van der Waals surface area contributed by atoms with E-state index in [-0.39, 0.29) is 12.7 Å². The van der Waals surface area contributed by atoms with Gasteiger partial charge in [0.25, 0.3) is 0 Å². The van der Waals surface area contributed by atoms with Gasteiger partial charge in [0, 0.05) is 18.2 Å². The Labute approximate surface area is 154 Å². The van der Waals surface area contributed by atoms with E-state index in [0.29, 0.717) is 23.7 Å². The van der Waals surface area contributed by atoms with Crippen LogP contribution in [-0.2, 0) is 18.0 Å². The summed E-state index contributed by atoms with van der Waals surface area (Å²) in [5, 5.41) is 19.3. The number of benzene rings is 2. The fourth-order valence-electron chi connectivity index (χ4n) is 2.91. The van der Waals surface area contributed by atoms with Crippen molar-refractivity contribution in [2.24, 2.45) is 0 Å². The molecule has 1 aromatic heterocycles. The number of fused-ring (bicyclic) bond motifs is 1. The highest BCUT2D eigenvalue weighted by molar-refractivity contribution is 5.89. The van der Waals surface area contributed by atoms with Crippen molar-refractivity contribution in [3.05, 3.63) is 59.3 Å². The number of aromatic amines is 1. The first-order valence-electron chi connectivity index (χ1n) is 8.22. The van der Waals surface area contributed by atoms with Crippen molar-refractivity contribution in [1.29, 1.82) is 5.26 Å². The molecule has 1 N–H and O–H groups in total. The van der Waals surface area contributed by atoms with E-state index in [9.17, 15) is 4.79 Å². The highest BCUT2D eigenvalue weighted by atomic mass is 16.6. The number of carbonyl (C=O) groups is 1. The second-order valence-electron chi connectivity index (χ2n) is 6.04.